The largest absolute Gasteiger partial charge is 0.438 e. The summed E-state index contributed by atoms with van der Waals surface area (Å²) in [5.41, 5.74) is 2.98. The molecule has 0 bridgehead atoms. The summed E-state index contributed by atoms with van der Waals surface area (Å²) in [7, 11) is 0. The minimum atomic E-state index is -0.312. The Labute approximate surface area is 161 Å². The SMILES string of the molecule is N#Cc1ccc(N=c2oc3ccccc3cc2C(=O)Nc2ccccc2)cc1. The van der Waals surface area contributed by atoms with E-state index in [-0.39, 0.29) is 11.5 Å². The maximum atomic E-state index is 12.9. The van der Waals surface area contributed by atoms with Crippen molar-refractivity contribution in [2.75, 3.05) is 5.32 Å². The molecule has 0 unspecified atom stereocenters. The van der Waals surface area contributed by atoms with Gasteiger partial charge < -0.3 is 9.73 Å². The number of para-hydroxylation sites is 2. The van der Waals surface area contributed by atoms with E-state index in [0.29, 0.717) is 28.1 Å². The van der Waals surface area contributed by atoms with Crippen molar-refractivity contribution in [1.29, 1.82) is 5.26 Å². The minimum absolute atomic E-state index is 0.205. The average Bonchev–Trinajstić information content (AvgIpc) is 2.74. The molecule has 5 nitrogen and oxygen atoms in total. The molecule has 4 aromatic rings. The molecule has 0 radical (unpaired) electrons. The molecule has 1 aromatic heterocycles. The van der Waals surface area contributed by atoms with Gasteiger partial charge in [0.15, 0.2) is 0 Å². The van der Waals surface area contributed by atoms with Gasteiger partial charge in [-0.1, -0.05) is 36.4 Å². The minimum Gasteiger partial charge on any atom is -0.438 e. The van der Waals surface area contributed by atoms with E-state index >= 15 is 0 Å². The second-order valence-corrected chi connectivity index (χ2v) is 6.09. The summed E-state index contributed by atoms with van der Waals surface area (Å²) in [5.74, 6) is -0.312. The Morgan fingerprint density at radius 3 is 2.39 bits per heavy atom. The lowest BCUT2D eigenvalue weighted by Crippen LogP contribution is -2.21. The standard InChI is InChI=1S/C23H15N3O2/c24-15-16-10-12-19(13-11-16)26-23-20(14-17-6-4-5-9-21(17)28-23)22(27)25-18-7-2-1-3-8-18/h1-14H,(H,25,27). The van der Waals surface area contributed by atoms with Crippen molar-refractivity contribution >= 4 is 28.3 Å². The van der Waals surface area contributed by atoms with Crippen LogP contribution in [0.25, 0.3) is 11.0 Å². The highest BCUT2D eigenvalue weighted by Crippen LogP contribution is 2.17. The topological polar surface area (TPSA) is 78.4 Å². The van der Waals surface area contributed by atoms with E-state index in [2.05, 4.69) is 16.4 Å². The Bertz CT molecular complexity index is 1250. The number of nitrogens with one attached hydrogen (secondary N) is 1. The summed E-state index contributed by atoms with van der Waals surface area (Å²) in [6, 6.07) is 27.3. The van der Waals surface area contributed by atoms with Gasteiger partial charge in [0.1, 0.15) is 11.1 Å². The van der Waals surface area contributed by atoms with Crippen molar-refractivity contribution in [3.8, 4) is 6.07 Å². The molecule has 0 saturated carbocycles. The lowest BCUT2D eigenvalue weighted by Gasteiger charge is -2.07. The number of fused-ring (bicyclic) bond motifs is 1. The molecule has 5 heteroatoms. The summed E-state index contributed by atoms with van der Waals surface area (Å²) < 4.78 is 5.92. The lowest BCUT2D eigenvalue weighted by atomic mass is 10.1. The third-order valence-corrected chi connectivity index (χ3v) is 4.16. The third kappa shape index (κ3) is 3.67. The first-order valence-electron chi connectivity index (χ1n) is 8.67. The Morgan fingerprint density at radius 2 is 1.64 bits per heavy atom. The number of hydrogen-bond donors (Lipinski definition) is 1. The van der Waals surface area contributed by atoms with Crippen LogP contribution in [0.5, 0.6) is 0 Å². The van der Waals surface area contributed by atoms with Crippen LogP contribution in [0, 0.1) is 11.3 Å². The molecule has 3 aromatic carbocycles. The number of amides is 1. The molecule has 0 atom stereocenters. The molecule has 4 rings (SSSR count). The van der Waals surface area contributed by atoms with Gasteiger partial charge in [0.2, 0.25) is 5.55 Å². The van der Waals surface area contributed by atoms with Gasteiger partial charge in [-0.2, -0.15) is 5.26 Å². The van der Waals surface area contributed by atoms with Crippen LogP contribution in [0.2, 0.25) is 0 Å². The average molecular weight is 365 g/mol. The monoisotopic (exact) mass is 365 g/mol. The Kier molecular flexibility index (Phi) is 4.68. The maximum Gasteiger partial charge on any atom is 0.261 e. The van der Waals surface area contributed by atoms with Crippen molar-refractivity contribution in [2.45, 2.75) is 0 Å². The predicted octanol–water partition coefficient (Wildman–Crippen LogP) is 4.79. The zero-order valence-electron chi connectivity index (χ0n) is 14.8. The van der Waals surface area contributed by atoms with E-state index in [4.69, 9.17) is 9.68 Å². The highest BCUT2D eigenvalue weighted by atomic mass is 16.3. The van der Waals surface area contributed by atoms with E-state index in [1.165, 1.54) is 0 Å². The van der Waals surface area contributed by atoms with Crippen molar-refractivity contribution < 1.29 is 9.21 Å². The van der Waals surface area contributed by atoms with Gasteiger partial charge in [0.05, 0.1) is 17.3 Å². The summed E-state index contributed by atoms with van der Waals surface area (Å²) >= 11 is 0. The Morgan fingerprint density at radius 1 is 0.929 bits per heavy atom. The molecule has 1 heterocycles. The number of benzene rings is 3. The van der Waals surface area contributed by atoms with E-state index in [0.717, 1.165) is 5.39 Å². The summed E-state index contributed by atoms with van der Waals surface area (Å²) in [6.07, 6.45) is 0. The number of anilines is 1. The first-order chi connectivity index (χ1) is 13.7. The normalized spacial score (nSPS) is 11.2. The van der Waals surface area contributed by atoms with E-state index in [9.17, 15) is 4.79 Å². The second-order valence-electron chi connectivity index (χ2n) is 6.09. The fourth-order valence-corrected chi connectivity index (χ4v) is 2.76. The molecule has 0 aliphatic heterocycles. The van der Waals surface area contributed by atoms with Gasteiger partial charge in [0, 0.05) is 11.1 Å². The van der Waals surface area contributed by atoms with Gasteiger partial charge in [0.25, 0.3) is 5.91 Å². The van der Waals surface area contributed by atoms with Crippen LogP contribution in [-0.2, 0) is 0 Å². The predicted molar refractivity (Wildman–Crippen MR) is 107 cm³/mol. The summed E-state index contributed by atoms with van der Waals surface area (Å²) in [6.45, 7) is 0. The zero-order valence-corrected chi connectivity index (χ0v) is 14.8. The molecule has 0 aliphatic carbocycles. The number of carbonyl (C=O) groups is 1. The maximum absolute atomic E-state index is 12.9. The van der Waals surface area contributed by atoms with Gasteiger partial charge in [-0.05, 0) is 48.5 Å². The van der Waals surface area contributed by atoms with Crippen molar-refractivity contribution in [3.63, 3.8) is 0 Å². The molecule has 28 heavy (non-hydrogen) atoms. The van der Waals surface area contributed by atoms with Gasteiger partial charge in [-0.25, -0.2) is 4.99 Å². The van der Waals surface area contributed by atoms with Gasteiger partial charge in [-0.3, -0.25) is 4.79 Å². The highest BCUT2D eigenvalue weighted by Gasteiger charge is 2.13. The van der Waals surface area contributed by atoms with Crippen LogP contribution in [0.3, 0.4) is 0 Å². The molecule has 0 aliphatic rings. The van der Waals surface area contributed by atoms with Crippen LogP contribution < -0.4 is 10.9 Å². The quantitative estimate of drug-likeness (QED) is 0.567. The summed E-state index contributed by atoms with van der Waals surface area (Å²) in [4.78, 5) is 17.4. The number of hydrogen-bond acceptors (Lipinski definition) is 4. The number of carbonyl (C=O) groups excluding carboxylic acids is 1. The van der Waals surface area contributed by atoms with Crippen molar-refractivity contribution in [2.24, 2.45) is 4.99 Å². The molecule has 1 amide bonds. The summed E-state index contributed by atoms with van der Waals surface area (Å²) in [5, 5.41) is 12.6. The van der Waals surface area contributed by atoms with Crippen LogP contribution in [0.1, 0.15) is 15.9 Å². The molecule has 0 saturated heterocycles. The zero-order chi connectivity index (χ0) is 19.3. The smallest absolute Gasteiger partial charge is 0.261 e. The molecule has 0 spiro atoms. The van der Waals surface area contributed by atoms with Gasteiger partial charge >= 0.3 is 0 Å². The van der Waals surface area contributed by atoms with Crippen LogP contribution in [-0.4, -0.2) is 5.91 Å². The Hall–Kier alpha value is -4.17. The first kappa shape index (κ1) is 17.3. The second kappa shape index (κ2) is 7.60. The van der Waals surface area contributed by atoms with Crippen molar-refractivity contribution in [3.05, 3.63) is 102 Å². The van der Waals surface area contributed by atoms with Crippen LogP contribution >= 0.6 is 0 Å². The molecule has 1 N–H and O–H groups in total. The van der Waals surface area contributed by atoms with E-state index in [1.807, 2.05) is 54.6 Å². The molecular formula is C23H15N3O2. The fraction of sp³-hybridized carbons (Fsp3) is 0. The number of nitriles is 1. The third-order valence-electron chi connectivity index (χ3n) is 4.16. The van der Waals surface area contributed by atoms with Crippen molar-refractivity contribution in [1.82, 2.24) is 0 Å². The lowest BCUT2D eigenvalue weighted by molar-refractivity contribution is 0.102. The first-order valence-corrected chi connectivity index (χ1v) is 8.67. The fourth-order valence-electron chi connectivity index (χ4n) is 2.76. The molecule has 0 fully saturated rings. The van der Waals surface area contributed by atoms with Crippen LogP contribution in [0.15, 0.2) is 94.3 Å². The Balaban J connectivity index is 1.83. The van der Waals surface area contributed by atoms with E-state index < -0.39 is 0 Å². The van der Waals surface area contributed by atoms with E-state index in [1.54, 1.807) is 30.3 Å². The van der Waals surface area contributed by atoms with Gasteiger partial charge in [-0.15, -0.1) is 0 Å². The molecule has 134 valence electrons. The van der Waals surface area contributed by atoms with Crippen LogP contribution in [0.4, 0.5) is 11.4 Å². The highest BCUT2D eigenvalue weighted by molar-refractivity contribution is 6.05. The molecular weight excluding hydrogens is 350 g/mol. The number of nitrogens with zero attached hydrogens (tertiary/aromatic N) is 2. The number of rotatable bonds is 3.